The maximum atomic E-state index is 14.0. The minimum atomic E-state index is -1.17. The van der Waals surface area contributed by atoms with E-state index in [4.69, 9.17) is 0 Å². The first-order chi connectivity index (χ1) is 17.8. The molecule has 37 heavy (non-hydrogen) atoms. The molecule has 0 unspecified atom stereocenters. The second-order valence-electron chi connectivity index (χ2n) is 10.4. The van der Waals surface area contributed by atoms with Gasteiger partial charge in [-0.05, 0) is 37.8 Å². The molecule has 1 aliphatic heterocycles. The van der Waals surface area contributed by atoms with Crippen molar-refractivity contribution in [3.05, 3.63) is 88.5 Å². The van der Waals surface area contributed by atoms with Crippen LogP contribution in [0.5, 0.6) is 0 Å². The molecule has 2 aliphatic rings. The second kappa shape index (κ2) is 10.2. The van der Waals surface area contributed by atoms with Crippen molar-refractivity contribution < 1.29 is 18.7 Å². The highest BCUT2D eigenvalue weighted by Gasteiger charge is 2.55. The van der Waals surface area contributed by atoms with Crippen molar-refractivity contribution in [1.82, 2.24) is 14.5 Å². The third kappa shape index (κ3) is 4.94. The number of halogens is 2. The number of hydrogen-bond acceptors (Lipinski definition) is 4. The lowest BCUT2D eigenvalue weighted by Gasteiger charge is -2.52. The minimum absolute atomic E-state index is 0.00329. The van der Waals surface area contributed by atoms with Gasteiger partial charge in [0.1, 0.15) is 11.6 Å². The topological polar surface area (TPSA) is 75.4 Å². The molecule has 1 saturated heterocycles. The van der Waals surface area contributed by atoms with Crippen LogP contribution in [0.2, 0.25) is 0 Å². The van der Waals surface area contributed by atoms with Gasteiger partial charge < -0.3 is 10.0 Å². The van der Waals surface area contributed by atoms with Gasteiger partial charge in [0.2, 0.25) is 5.91 Å². The zero-order valence-corrected chi connectivity index (χ0v) is 20.7. The van der Waals surface area contributed by atoms with Gasteiger partial charge in [-0.25, -0.2) is 13.8 Å². The Labute approximate surface area is 214 Å². The summed E-state index contributed by atoms with van der Waals surface area (Å²) in [7, 11) is 0. The third-order valence-corrected chi connectivity index (χ3v) is 8.22. The van der Waals surface area contributed by atoms with Crippen molar-refractivity contribution in [1.29, 1.82) is 0 Å². The van der Waals surface area contributed by atoms with Gasteiger partial charge in [-0.2, -0.15) is 0 Å². The van der Waals surface area contributed by atoms with Crippen molar-refractivity contribution in [3.8, 4) is 11.3 Å². The summed E-state index contributed by atoms with van der Waals surface area (Å²) in [6.45, 7) is 0.795. The van der Waals surface area contributed by atoms with E-state index in [0.29, 0.717) is 25.2 Å². The Morgan fingerprint density at radius 2 is 1.70 bits per heavy atom. The van der Waals surface area contributed by atoms with Crippen molar-refractivity contribution in [2.75, 3.05) is 13.1 Å². The average Bonchev–Trinajstić information content (AvgIpc) is 3.37. The van der Waals surface area contributed by atoms with Crippen LogP contribution in [-0.4, -0.2) is 44.2 Å². The molecule has 2 fully saturated rings. The van der Waals surface area contributed by atoms with E-state index in [1.807, 2.05) is 30.3 Å². The van der Waals surface area contributed by atoms with Gasteiger partial charge in [-0.15, -0.1) is 0 Å². The van der Waals surface area contributed by atoms with E-state index >= 15 is 0 Å². The fraction of sp³-hybridized carbons (Fsp3) is 0.414. The lowest BCUT2D eigenvalue weighted by atomic mass is 9.65. The fourth-order valence-electron chi connectivity index (χ4n) is 6.07. The Balaban J connectivity index is 1.31. The Hall–Kier alpha value is -3.39. The standard InChI is InChI=1S/C29H31F2N3O3/c30-23-9-6-10-24(31)22(23)11-12-26(35)33-16-15-29(37,28(18-33)13-4-5-14-28)19-34-20-32-25(17-27(34)36)21-7-2-1-3-8-21/h1-3,6-10,17,20,37H,4-5,11-16,18-19H2/t29-/m1/s1. The summed E-state index contributed by atoms with van der Waals surface area (Å²) < 4.78 is 29.5. The monoisotopic (exact) mass is 507 g/mol. The van der Waals surface area contributed by atoms with Crippen molar-refractivity contribution in [3.63, 3.8) is 0 Å². The number of rotatable bonds is 6. The molecule has 1 amide bonds. The van der Waals surface area contributed by atoms with E-state index < -0.39 is 22.7 Å². The quantitative estimate of drug-likeness (QED) is 0.539. The summed E-state index contributed by atoms with van der Waals surface area (Å²) in [6.07, 6.45) is 5.16. The smallest absolute Gasteiger partial charge is 0.253 e. The molecule has 8 heteroatoms. The molecule has 1 aliphatic carbocycles. The minimum Gasteiger partial charge on any atom is -0.387 e. The number of aromatic nitrogens is 2. The van der Waals surface area contributed by atoms with Crippen LogP contribution in [0.25, 0.3) is 11.3 Å². The van der Waals surface area contributed by atoms with Gasteiger partial charge in [0, 0.05) is 42.1 Å². The van der Waals surface area contributed by atoms with E-state index in [2.05, 4.69) is 4.98 Å². The third-order valence-electron chi connectivity index (χ3n) is 8.22. The SMILES string of the molecule is O=C(CCc1c(F)cccc1F)N1CC[C@@](O)(Cn2cnc(-c3ccccc3)cc2=O)C2(CCCC2)C1. The first kappa shape index (κ1) is 25.3. The molecule has 3 aromatic rings. The Morgan fingerprint density at radius 1 is 1.00 bits per heavy atom. The molecule has 1 spiro atoms. The number of amides is 1. The normalized spacial score (nSPS) is 20.9. The van der Waals surface area contributed by atoms with Gasteiger partial charge in [-0.3, -0.25) is 14.2 Å². The molecular weight excluding hydrogens is 476 g/mol. The van der Waals surface area contributed by atoms with Gasteiger partial charge in [0.25, 0.3) is 5.56 Å². The molecule has 1 saturated carbocycles. The number of aliphatic hydroxyl groups is 1. The van der Waals surface area contributed by atoms with Gasteiger partial charge in [0.05, 0.1) is 24.2 Å². The van der Waals surface area contributed by atoms with Crippen molar-refractivity contribution in [2.45, 2.75) is 57.1 Å². The lowest BCUT2D eigenvalue weighted by Crippen LogP contribution is -2.62. The number of carbonyl (C=O) groups excluding carboxylic acids is 1. The highest BCUT2D eigenvalue weighted by atomic mass is 19.1. The Kier molecular flexibility index (Phi) is 6.94. The molecule has 6 nitrogen and oxygen atoms in total. The molecule has 1 atom stereocenters. The number of piperidine rings is 1. The van der Waals surface area contributed by atoms with E-state index in [9.17, 15) is 23.5 Å². The highest BCUT2D eigenvalue weighted by Crippen LogP contribution is 2.51. The zero-order chi connectivity index (χ0) is 26.0. The van der Waals surface area contributed by atoms with E-state index in [0.717, 1.165) is 31.2 Å². The van der Waals surface area contributed by atoms with Crippen molar-refractivity contribution >= 4 is 5.91 Å². The zero-order valence-electron chi connectivity index (χ0n) is 20.7. The predicted molar refractivity (Wildman–Crippen MR) is 136 cm³/mol. The number of carbonyl (C=O) groups is 1. The molecule has 2 aromatic carbocycles. The molecule has 1 N–H and O–H groups in total. The summed E-state index contributed by atoms with van der Waals surface area (Å²) in [4.78, 5) is 32.2. The summed E-state index contributed by atoms with van der Waals surface area (Å²) >= 11 is 0. The molecule has 1 aromatic heterocycles. The Morgan fingerprint density at radius 3 is 2.38 bits per heavy atom. The van der Waals surface area contributed by atoms with Crippen LogP contribution in [0.1, 0.15) is 44.1 Å². The van der Waals surface area contributed by atoms with E-state index in [-0.39, 0.29) is 36.4 Å². The Bertz CT molecular complexity index is 1320. The van der Waals surface area contributed by atoms with Crippen LogP contribution in [0.4, 0.5) is 8.78 Å². The maximum absolute atomic E-state index is 14.0. The second-order valence-corrected chi connectivity index (χ2v) is 10.4. The number of benzene rings is 2. The van der Waals surface area contributed by atoms with Crippen molar-refractivity contribution in [2.24, 2.45) is 5.41 Å². The predicted octanol–water partition coefficient (Wildman–Crippen LogP) is 4.35. The molecule has 0 radical (unpaired) electrons. The summed E-state index contributed by atoms with van der Waals surface area (Å²) in [5.41, 5.74) is -0.595. The summed E-state index contributed by atoms with van der Waals surface area (Å²) in [6, 6.07) is 14.6. The maximum Gasteiger partial charge on any atom is 0.253 e. The highest BCUT2D eigenvalue weighted by molar-refractivity contribution is 5.76. The largest absolute Gasteiger partial charge is 0.387 e. The van der Waals surface area contributed by atoms with Crippen LogP contribution >= 0.6 is 0 Å². The number of hydrogen-bond donors (Lipinski definition) is 1. The van der Waals surface area contributed by atoms with Crippen LogP contribution < -0.4 is 5.56 Å². The average molecular weight is 508 g/mol. The van der Waals surface area contributed by atoms with E-state index in [1.165, 1.54) is 35.2 Å². The van der Waals surface area contributed by atoms with E-state index in [1.54, 1.807) is 4.90 Å². The lowest BCUT2D eigenvalue weighted by molar-refractivity contribution is -0.160. The summed E-state index contributed by atoms with van der Waals surface area (Å²) in [5, 5.41) is 11.9. The van der Waals surface area contributed by atoms with Crippen LogP contribution in [0.15, 0.2) is 65.7 Å². The molecule has 0 bridgehead atoms. The number of likely N-dealkylation sites (tertiary alicyclic amines) is 1. The van der Waals surface area contributed by atoms with Gasteiger partial charge in [-0.1, -0.05) is 49.2 Å². The first-order valence-electron chi connectivity index (χ1n) is 12.9. The first-order valence-corrected chi connectivity index (χ1v) is 12.9. The fourth-order valence-corrected chi connectivity index (χ4v) is 6.07. The van der Waals surface area contributed by atoms with Crippen LogP contribution in [-0.2, 0) is 17.8 Å². The molecule has 5 rings (SSSR count). The van der Waals surface area contributed by atoms with Gasteiger partial charge in [0.15, 0.2) is 0 Å². The molecular formula is C29H31F2N3O3. The van der Waals surface area contributed by atoms with Crippen LogP contribution in [0.3, 0.4) is 0 Å². The van der Waals surface area contributed by atoms with Crippen LogP contribution in [0, 0.1) is 17.0 Å². The summed E-state index contributed by atoms with van der Waals surface area (Å²) in [5.74, 6) is -1.47. The van der Waals surface area contributed by atoms with Gasteiger partial charge >= 0.3 is 0 Å². The molecule has 2 heterocycles. The number of nitrogens with zero attached hydrogens (tertiary/aromatic N) is 3. The molecule has 194 valence electrons.